The number of aromatic hydroxyl groups is 1. The molecule has 0 saturated carbocycles. The number of nitrogens with one attached hydrogen (secondary N) is 1. The van der Waals surface area contributed by atoms with E-state index in [0.717, 1.165) is 0 Å². The molecule has 2 amide bonds. The van der Waals surface area contributed by atoms with Gasteiger partial charge in [0.05, 0.1) is 6.54 Å². The van der Waals surface area contributed by atoms with Crippen molar-refractivity contribution >= 4 is 29.1 Å². The Morgan fingerprint density at radius 3 is 2.62 bits per heavy atom. The highest BCUT2D eigenvalue weighted by Crippen LogP contribution is 2.22. The summed E-state index contributed by atoms with van der Waals surface area (Å²) in [5, 5.41) is 23.0. The van der Waals surface area contributed by atoms with Crippen molar-refractivity contribution in [3.63, 3.8) is 0 Å². The van der Waals surface area contributed by atoms with E-state index in [9.17, 15) is 19.8 Å². The number of amides is 2. The van der Waals surface area contributed by atoms with Gasteiger partial charge >= 0.3 is 0 Å². The van der Waals surface area contributed by atoms with Crippen LogP contribution in [0.4, 0.5) is 5.69 Å². The molecule has 1 aliphatic heterocycles. The zero-order valence-electron chi connectivity index (χ0n) is 15.8. The van der Waals surface area contributed by atoms with Crippen molar-refractivity contribution in [3.8, 4) is 11.5 Å². The fourth-order valence-corrected chi connectivity index (χ4v) is 3.27. The first-order chi connectivity index (χ1) is 13.9. The third-order valence-corrected chi connectivity index (χ3v) is 4.92. The summed E-state index contributed by atoms with van der Waals surface area (Å²) in [6, 6.07) is 13.1. The van der Waals surface area contributed by atoms with Gasteiger partial charge in [-0.2, -0.15) is 0 Å². The molecular weight excluding hydrogens is 396 g/mol. The molecular formula is C21H23ClN2O5. The van der Waals surface area contributed by atoms with E-state index in [4.69, 9.17) is 16.3 Å². The molecule has 0 bridgehead atoms. The molecule has 3 N–H and O–H groups in total. The highest BCUT2D eigenvalue weighted by molar-refractivity contribution is 6.30. The Kier molecular flexibility index (Phi) is 6.95. The number of hydrogen-bond acceptors (Lipinski definition) is 5. The Labute approximate surface area is 173 Å². The molecule has 8 heteroatoms. The molecule has 2 aromatic carbocycles. The molecule has 0 radical (unpaired) electrons. The zero-order chi connectivity index (χ0) is 20.8. The fourth-order valence-electron chi connectivity index (χ4n) is 3.15. The monoisotopic (exact) mass is 418 g/mol. The van der Waals surface area contributed by atoms with Crippen molar-refractivity contribution in [1.82, 2.24) is 4.90 Å². The Balaban J connectivity index is 1.43. The molecule has 0 spiro atoms. The van der Waals surface area contributed by atoms with Crippen LogP contribution < -0.4 is 10.1 Å². The number of carbonyl (C=O) groups is 2. The van der Waals surface area contributed by atoms with Gasteiger partial charge in [-0.3, -0.25) is 9.59 Å². The van der Waals surface area contributed by atoms with Crippen LogP contribution >= 0.6 is 11.6 Å². The molecule has 2 aromatic rings. The molecule has 0 aliphatic carbocycles. The third kappa shape index (κ3) is 6.10. The number of nitrogens with zero attached hydrogens (tertiary/aromatic N) is 1. The van der Waals surface area contributed by atoms with E-state index in [2.05, 4.69) is 5.32 Å². The van der Waals surface area contributed by atoms with E-state index < -0.39 is 12.2 Å². The van der Waals surface area contributed by atoms with E-state index in [1.54, 1.807) is 41.3 Å². The number of carbonyl (C=O) groups excluding carboxylic acids is 2. The second kappa shape index (κ2) is 9.62. The van der Waals surface area contributed by atoms with Crippen LogP contribution in [0.3, 0.4) is 0 Å². The average Bonchev–Trinajstić information content (AvgIpc) is 2.69. The third-order valence-electron chi connectivity index (χ3n) is 4.67. The Bertz CT molecular complexity index is 858. The number of ether oxygens (including phenoxy) is 1. The maximum absolute atomic E-state index is 12.4. The Morgan fingerprint density at radius 2 is 1.93 bits per heavy atom. The van der Waals surface area contributed by atoms with Crippen LogP contribution in [-0.2, 0) is 9.59 Å². The second-order valence-corrected chi connectivity index (χ2v) is 7.34. The molecule has 0 aromatic heterocycles. The maximum atomic E-state index is 12.4. The lowest BCUT2D eigenvalue weighted by Gasteiger charge is -2.36. The molecule has 1 heterocycles. The van der Waals surface area contributed by atoms with Gasteiger partial charge in [-0.25, -0.2) is 0 Å². The molecule has 154 valence electrons. The van der Waals surface area contributed by atoms with Crippen LogP contribution in [0.5, 0.6) is 11.5 Å². The average molecular weight is 419 g/mol. The standard InChI is InChI=1S/C21H23ClN2O5/c22-14-4-6-17(7-5-14)29-19-10-11-24(13-18(19)26)21(28)9-8-20(27)23-15-2-1-3-16(25)12-15/h1-7,12,18-19,25-26H,8-11,13H2,(H,23,27)/t18-,19-/m1/s1. The molecule has 7 nitrogen and oxygen atoms in total. The maximum Gasteiger partial charge on any atom is 0.224 e. The lowest BCUT2D eigenvalue weighted by Crippen LogP contribution is -2.51. The van der Waals surface area contributed by atoms with E-state index in [0.29, 0.717) is 29.4 Å². The number of likely N-dealkylation sites (tertiary alicyclic amines) is 1. The normalized spacial score (nSPS) is 18.9. The van der Waals surface area contributed by atoms with Crippen LogP contribution in [0.25, 0.3) is 0 Å². The van der Waals surface area contributed by atoms with Gasteiger partial charge in [-0.05, 0) is 36.4 Å². The Hall–Kier alpha value is -2.77. The Morgan fingerprint density at radius 1 is 1.17 bits per heavy atom. The van der Waals surface area contributed by atoms with E-state index in [1.807, 2.05) is 0 Å². The smallest absolute Gasteiger partial charge is 0.224 e. The highest BCUT2D eigenvalue weighted by atomic mass is 35.5. The summed E-state index contributed by atoms with van der Waals surface area (Å²) in [6.07, 6.45) is -0.671. The number of phenols is 1. The number of benzene rings is 2. The largest absolute Gasteiger partial charge is 0.508 e. The zero-order valence-corrected chi connectivity index (χ0v) is 16.5. The SMILES string of the molecule is O=C(CCC(=O)N1CC[C@@H](Oc2ccc(Cl)cc2)[C@H](O)C1)Nc1cccc(O)c1. The summed E-state index contributed by atoms with van der Waals surface area (Å²) in [5.41, 5.74) is 0.470. The van der Waals surface area contributed by atoms with Gasteiger partial charge in [-0.15, -0.1) is 0 Å². The molecule has 0 unspecified atom stereocenters. The molecule has 1 fully saturated rings. The van der Waals surface area contributed by atoms with Gasteiger partial charge in [-0.1, -0.05) is 17.7 Å². The lowest BCUT2D eigenvalue weighted by atomic mass is 10.0. The highest BCUT2D eigenvalue weighted by Gasteiger charge is 2.31. The number of aliphatic hydroxyl groups excluding tert-OH is 1. The quantitative estimate of drug-likeness (QED) is 0.670. The van der Waals surface area contributed by atoms with Crippen molar-refractivity contribution in [2.24, 2.45) is 0 Å². The fraction of sp³-hybridized carbons (Fsp3) is 0.333. The summed E-state index contributed by atoms with van der Waals surface area (Å²) in [7, 11) is 0. The van der Waals surface area contributed by atoms with E-state index in [1.165, 1.54) is 12.1 Å². The van der Waals surface area contributed by atoms with Crippen LogP contribution in [0.2, 0.25) is 5.02 Å². The van der Waals surface area contributed by atoms with Gasteiger partial charge < -0.3 is 25.2 Å². The number of hydrogen-bond donors (Lipinski definition) is 3. The van der Waals surface area contributed by atoms with E-state index in [-0.39, 0.29) is 37.0 Å². The van der Waals surface area contributed by atoms with Crippen molar-refractivity contribution < 1.29 is 24.5 Å². The lowest BCUT2D eigenvalue weighted by molar-refractivity contribution is -0.138. The molecule has 29 heavy (non-hydrogen) atoms. The minimum Gasteiger partial charge on any atom is -0.508 e. The van der Waals surface area contributed by atoms with Crippen molar-refractivity contribution in [2.45, 2.75) is 31.5 Å². The number of β-amino-alcohol motifs (C(OH)–C–C–N with tert-alkyl or cyclic N) is 1. The number of piperidine rings is 1. The van der Waals surface area contributed by atoms with Gasteiger partial charge in [0, 0.05) is 42.6 Å². The summed E-state index contributed by atoms with van der Waals surface area (Å²) < 4.78 is 5.79. The molecule has 3 rings (SSSR count). The van der Waals surface area contributed by atoms with Crippen LogP contribution in [-0.4, -0.2) is 52.2 Å². The minimum atomic E-state index is -0.815. The predicted molar refractivity (Wildman–Crippen MR) is 109 cm³/mol. The number of halogens is 1. The number of aliphatic hydroxyl groups is 1. The predicted octanol–water partition coefficient (Wildman–Crippen LogP) is 2.81. The first-order valence-corrected chi connectivity index (χ1v) is 9.75. The topological polar surface area (TPSA) is 99.1 Å². The van der Waals surface area contributed by atoms with Gasteiger partial charge in [0.25, 0.3) is 0 Å². The van der Waals surface area contributed by atoms with Crippen LogP contribution in [0.15, 0.2) is 48.5 Å². The van der Waals surface area contributed by atoms with Crippen molar-refractivity contribution in [2.75, 3.05) is 18.4 Å². The molecule has 2 atom stereocenters. The van der Waals surface area contributed by atoms with Gasteiger partial charge in [0.15, 0.2) is 0 Å². The van der Waals surface area contributed by atoms with Crippen molar-refractivity contribution in [1.29, 1.82) is 0 Å². The van der Waals surface area contributed by atoms with Gasteiger partial charge in [0.2, 0.25) is 11.8 Å². The summed E-state index contributed by atoms with van der Waals surface area (Å²) in [5.74, 6) is 0.156. The van der Waals surface area contributed by atoms with Crippen molar-refractivity contribution in [3.05, 3.63) is 53.6 Å². The van der Waals surface area contributed by atoms with E-state index >= 15 is 0 Å². The number of phenolic OH excluding ortho intramolecular Hbond substituents is 1. The number of rotatable bonds is 6. The minimum absolute atomic E-state index is 0.0196. The molecule has 1 aliphatic rings. The van der Waals surface area contributed by atoms with Crippen LogP contribution in [0.1, 0.15) is 19.3 Å². The number of anilines is 1. The second-order valence-electron chi connectivity index (χ2n) is 6.90. The summed E-state index contributed by atoms with van der Waals surface area (Å²) in [6.45, 7) is 0.605. The molecule has 1 saturated heterocycles. The first kappa shape index (κ1) is 21.0. The van der Waals surface area contributed by atoms with Crippen LogP contribution in [0, 0.1) is 0 Å². The summed E-state index contributed by atoms with van der Waals surface area (Å²) >= 11 is 5.85. The van der Waals surface area contributed by atoms with Gasteiger partial charge in [0.1, 0.15) is 23.7 Å². The first-order valence-electron chi connectivity index (χ1n) is 9.37. The summed E-state index contributed by atoms with van der Waals surface area (Å²) in [4.78, 5) is 26.0.